The van der Waals surface area contributed by atoms with Gasteiger partial charge in [-0.15, -0.1) is 0 Å². The van der Waals surface area contributed by atoms with Crippen molar-refractivity contribution in [1.29, 1.82) is 0 Å². The van der Waals surface area contributed by atoms with Gasteiger partial charge in [0.25, 0.3) is 0 Å². The highest BCUT2D eigenvalue weighted by atomic mass is 16.4. The summed E-state index contributed by atoms with van der Waals surface area (Å²) in [5, 5.41) is 9.09. The van der Waals surface area contributed by atoms with Gasteiger partial charge < -0.3 is 10.0 Å². The number of hydrogen-bond acceptors (Lipinski definition) is 2. The van der Waals surface area contributed by atoms with E-state index in [9.17, 15) is 9.59 Å². The highest BCUT2D eigenvalue weighted by Gasteiger charge is 2.39. The van der Waals surface area contributed by atoms with Gasteiger partial charge in [0.2, 0.25) is 5.91 Å². The summed E-state index contributed by atoms with van der Waals surface area (Å²) in [7, 11) is 1.79. The molecule has 1 saturated carbocycles. The van der Waals surface area contributed by atoms with Crippen molar-refractivity contribution in [2.75, 3.05) is 7.05 Å². The molecule has 0 radical (unpaired) electrons. The largest absolute Gasteiger partial charge is 0.481 e. The van der Waals surface area contributed by atoms with Gasteiger partial charge in [-0.2, -0.15) is 0 Å². The third-order valence-corrected chi connectivity index (χ3v) is 3.87. The van der Waals surface area contributed by atoms with E-state index in [0.717, 1.165) is 25.7 Å². The number of carboxylic acid groups (broad SMARTS) is 1. The summed E-state index contributed by atoms with van der Waals surface area (Å²) in [5.41, 5.74) is 0. The maximum Gasteiger partial charge on any atom is 0.307 e. The number of carbonyl (C=O) groups is 2. The minimum absolute atomic E-state index is 0.0100. The summed E-state index contributed by atoms with van der Waals surface area (Å²) in [5.74, 6) is -1.59. The Hall–Kier alpha value is -1.06. The predicted octanol–water partition coefficient (Wildman–Crippen LogP) is 2.13. The first-order valence-electron chi connectivity index (χ1n) is 6.48. The van der Waals surface area contributed by atoms with E-state index in [4.69, 9.17) is 5.11 Å². The zero-order valence-corrected chi connectivity index (χ0v) is 11.0. The Morgan fingerprint density at radius 2 is 1.94 bits per heavy atom. The fraction of sp³-hybridized carbons (Fsp3) is 0.846. The van der Waals surface area contributed by atoms with E-state index < -0.39 is 11.9 Å². The molecule has 0 saturated heterocycles. The van der Waals surface area contributed by atoms with Crippen LogP contribution in [0.4, 0.5) is 0 Å². The Kier molecular flexibility index (Phi) is 4.97. The highest BCUT2D eigenvalue weighted by Crippen LogP contribution is 2.33. The highest BCUT2D eigenvalue weighted by molar-refractivity contribution is 5.85. The SMILES string of the molecule is CCCC(C)N(C)C(=O)[C@@H]1CCC[C@@H]1C(=O)O. The second kappa shape index (κ2) is 6.03. The second-order valence-corrected chi connectivity index (χ2v) is 5.07. The average Bonchev–Trinajstić information content (AvgIpc) is 2.76. The van der Waals surface area contributed by atoms with Crippen molar-refractivity contribution < 1.29 is 14.7 Å². The van der Waals surface area contributed by atoms with E-state index in [1.54, 1.807) is 11.9 Å². The van der Waals surface area contributed by atoms with Crippen LogP contribution in [0.5, 0.6) is 0 Å². The number of hydrogen-bond donors (Lipinski definition) is 1. The molecular weight excluding hydrogens is 218 g/mol. The predicted molar refractivity (Wildman–Crippen MR) is 65.6 cm³/mol. The lowest BCUT2D eigenvalue weighted by Crippen LogP contribution is -2.41. The average molecular weight is 241 g/mol. The second-order valence-electron chi connectivity index (χ2n) is 5.07. The van der Waals surface area contributed by atoms with Crippen LogP contribution in [0.25, 0.3) is 0 Å². The molecule has 0 aromatic carbocycles. The van der Waals surface area contributed by atoms with Gasteiger partial charge in [-0.25, -0.2) is 0 Å². The minimum atomic E-state index is -0.822. The third kappa shape index (κ3) is 3.20. The number of nitrogens with zero attached hydrogens (tertiary/aromatic N) is 1. The van der Waals surface area contributed by atoms with Crippen molar-refractivity contribution >= 4 is 11.9 Å². The van der Waals surface area contributed by atoms with E-state index in [2.05, 4.69) is 6.92 Å². The summed E-state index contributed by atoms with van der Waals surface area (Å²) in [6, 6.07) is 0.197. The number of aliphatic carboxylic acids is 1. The summed E-state index contributed by atoms with van der Waals surface area (Å²) < 4.78 is 0. The van der Waals surface area contributed by atoms with Gasteiger partial charge in [0.05, 0.1) is 11.8 Å². The van der Waals surface area contributed by atoms with E-state index >= 15 is 0 Å². The molecule has 3 atom stereocenters. The van der Waals surface area contributed by atoms with Gasteiger partial charge >= 0.3 is 5.97 Å². The lowest BCUT2D eigenvalue weighted by molar-refractivity contribution is -0.149. The molecular formula is C13H23NO3. The molecule has 0 aromatic heterocycles. The van der Waals surface area contributed by atoms with Gasteiger partial charge in [0.1, 0.15) is 0 Å². The molecule has 1 N–H and O–H groups in total. The maximum atomic E-state index is 12.2. The number of carbonyl (C=O) groups excluding carboxylic acids is 1. The van der Waals surface area contributed by atoms with Gasteiger partial charge in [0.15, 0.2) is 0 Å². The van der Waals surface area contributed by atoms with Crippen LogP contribution in [0.1, 0.15) is 46.0 Å². The molecule has 1 fully saturated rings. The first-order chi connectivity index (χ1) is 7.99. The smallest absolute Gasteiger partial charge is 0.307 e. The van der Waals surface area contributed by atoms with Crippen LogP contribution in [0.2, 0.25) is 0 Å². The number of rotatable bonds is 5. The quantitative estimate of drug-likeness (QED) is 0.802. The molecule has 0 spiro atoms. The van der Waals surface area contributed by atoms with Gasteiger partial charge in [-0.1, -0.05) is 19.8 Å². The molecule has 1 amide bonds. The first-order valence-corrected chi connectivity index (χ1v) is 6.48. The summed E-state index contributed by atoms with van der Waals surface area (Å²) >= 11 is 0. The molecule has 1 aliphatic rings. The molecule has 4 heteroatoms. The first kappa shape index (κ1) is 14.0. The van der Waals surface area contributed by atoms with Crippen molar-refractivity contribution in [3.63, 3.8) is 0 Å². The molecule has 0 bridgehead atoms. The van der Waals surface area contributed by atoms with E-state index in [1.807, 2.05) is 6.92 Å². The number of amides is 1. The van der Waals surface area contributed by atoms with Crippen LogP contribution in [0.15, 0.2) is 0 Å². The topological polar surface area (TPSA) is 57.6 Å². The van der Waals surface area contributed by atoms with Gasteiger partial charge in [0, 0.05) is 13.1 Å². The summed E-state index contributed by atoms with van der Waals surface area (Å²) in [4.78, 5) is 25.0. The molecule has 1 unspecified atom stereocenters. The lowest BCUT2D eigenvalue weighted by Gasteiger charge is -2.28. The van der Waals surface area contributed by atoms with Crippen LogP contribution < -0.4 is 0 Å². The molecule has 98 valence electrons. The zero-order valence-electron chi connectivity index (χ0n) is 11.0. The van der Waals surface area contributed by atoms with E-state index in [0.29, 0.717) is 6.42 Å². The summed E-state index contributed by atoms with van der Waals surface area (Å²) in [6.07, 6.45) is 4.21. The maximum absolute atomic E-state index is 12.2. The Labute approximate surface area is 103 Å². The Morgan fingerprint density at radius 1 is 1.35 bits per heavy atom. The summed E-state index contributed by atoms with van der Waals surface area (Å²) in [6.45, 7) is 4.11. The van der Waals surface area contributed by atoms with Crippen molar-refractivity contribution in [1.82, 2.24) is 4.90 Å². The Bertz CT molecular complexity index is 290. The standard InChI is InChI=1S/C13H23NO3/c1-4-6-9(2)14(3)12(15)10-7-5-8-11(10)13(16)17/h9-11H,4-8H2,1-3H3,(H,16,17)/t9?,10-,11+/m1/s1. The molecule has 0 aliphatic heterocycles. The van der Waals surface area contributed by atoms with Gasteiger partial charge in [-0.3, -0.25) is 9.59 Å². The Balaban J connectivity index is 2.65. The third-order valence-electron chi connectivity index (χ3n) is 3.87. The normalized spacial score (nSPS) is 25.6. The molecule has 1 aliphatic carbocycles. The fourth-order valence-corrected chi connectivity index (χ4v) is 2.64. The molecule has 0 aromatic rings. The zero-order chi connectivity index (χ0) is 13.0. The van der Waals surface area contributed by atoms with Gasteiger partial charge in [-0.05, 0) is 26.2 Å². The van der Waals surface area contributed by atoms with E-state index in [1.165, 1.54) is 0 Å². The van der Waals surface area contributed by atoms with Crippen molar-refractivity contribution in [2.45, 2.75) is 52.0 Å². The molecule has 17 heavy (non-hydrogen) atoms. The monoisotopic (exact) mass is 241 g/mol. The fourth-order valence-electron chi connectivity index (χ4n) is 2.64. The van der Waals surface area contributed by atoms with Crippen molar-refractivity contribution in [2.24, 2.45) is 11.8 Å². The number of carboxylic acids is 1. The Morgan fingerprint density at radius 3 is 2.47 bits per heavy atom. The van der Waals surface area contributed by atoms with Crippen molar-refractivity contribution in [3.05, 3.63) is 0 Å². The van der Waals surface area contributed by atoms with Crippen LogP contribution in [0.3, 0.4) is 0 Å². The molecule has 4 nitrogen and oxygen atoms in total. The molecule has 0 heterocycles. The van der Waals surface area contributed by atoms with Crippen LogP contribution in [-0.2, 0) is 9.59 Å². The van der Waals surface area contributed by atoms with Crippen LogP contribution >= 0.6 is 0 Å². The van der Waals surface area contributed by atoms with Crippen LogP contribution in [-0.4, -0.2) is 35.0 Å². The van der Waals surface area contributed by atoms with Crippen LogP contribution in [0, 0.1) is 11.8 Å². The molecule has 1 rings (SSSR count). The van der Waals surface area contributed by atoms with Crippen molar-refractivity contribution in [3.8, 4) is 0 Å². The minimum Gasteiger partial charge on any atom is -0.481 e. The lowest BCUT2D eigenvalue weighted by atomic mass is 9.94. The van der Waals surface area contributed by atoms with E-state index in [-0.39, 0.29) is 17.9 Å².